The number of benzene rings is 2. The number of hydrogen-bond acceptors (Lipinski definition) is 3. The van der Waals surface area contributed by atoms with Gasteiger partial charge in [-0.3, -0.25) is 9.69 Å². The van der Waals surface area contributed by atoms with Crippen LogP contribution < -0.4 is 5.32 Å². The second kappa shape index (κ2) is 9.07. The predicted octanol–water partition coefficient (Wildman–Crippen LogP) is 5.39. The Kier molecular flexibility index (Phi) is 6.79. The molecule has 2 aromatic carbocycles. The Bertz CT molecular complexity index is 788. The summed E-state index contributed by atoms with van der Waals surface area (Å²) in [6, 6.07) is 12.4. The van der Waals surface area contributed by atoms with Crippen molar-refractivity contribution in [3.8, 4) is 0 Å². The van der Waals surface area contributed by atoms with E-state index in [1.54, 1.807) is 11.8 Å². The molecule has 0 bridgehead atoms. The second-order valence-electron chi connectivity index (χ2n) is 6.84. The molecule has 1 heterocycles. The fourth-order valence-corrected chi connectivity index (χ4v) is 4.56. The quantitative estimate of drug-likeness (QED) is 0.620. The van der Waals surface area contributed by atoms with Crippen LogP contribution in [0.25, 0.3) is 0 Å². The number of hydrogen-bond donors (Lipinski definition) is 1. The maximum atomic E-state index is 12.5. The zero-order valence-corrected chi connectivity index (χ0v) is 17.8. The average molecular weight is 433 g/mol. The first-order valence-electron chi connectivity index (χ1n) is 9.02. The minimum absolute atomic E-state index is 0.0452. The molecule has 1 N–H and O–H groups in total. The Hall–Kier alpha value is -1.30. The molecule has 5 heteroatoms. The van der Waals surface area contributed by atoms with E-state index in [1.165, 1.54) is 29.5 Å². The molecule has 0 spiro atoms. The van der Waals surface area contributed by atoms with Gasteiger partial charge in [0.2, 0.25) is 5.91 Å². The number of carbonyl (C=O) groups is 1. The standard InChI is InChI=1S/C21H25BrN2OS/c1-15-12-20(16(2)11-18(15)22)26-14-21(25)23-19-8-4-3-7-17(19)13-24-9-5-6-10-24/h3-4,7-8,11-12H,5-6,9-10,13-14H2,1-2H3,(H,23,25). The van der Waals surface area contributed by atoms with Crippen LogP contribution in [0.15, 0.2) is 45.8 Å². The first kappa shape index (κ1) is 19.5. The molecule has 0 aromatic heterocycles. The summed E-state index contributed by atoms with van der Waals surface area (Å²) in [6.07, 6.45) is 2.55. The van der Waals surface area contributed by atoms with Crippen LogP contribution in [0, 0.1) is 13.8 Å². The van der Waals surface area contributed by atoms with Gasteiger partial charge in [0.05, 0.1) is 5.75 Å². The van der Waals surface area contributed by atoms with Crippen LogP contribution in [0.5, 0.6) is 0 Å². The largest absolute Gasteiger partial charge is 0.325 e. The lowest BCUT2D eigenvalue weighted by atomic mass is 10.1. The third-order valence-corrected chi connectivity index (χ3v) is 6.71. The van der Waals surface area contributed by atoms with Crippen molar-refractivity contribution in [1.29, 1.82) is 0 Å². The molecular formula is C21H25BrN2OS. The zero-order valence-electron chi connectivity index (χ0n) is 15.3. The van der Waals surface area contributed by atoms with Gasteiger partial charge in [0.1, 0.15) is 0 Å². The predicted molar refractivity (Wildman–Crippen MR) is 114 cm³/mol. The monoisotopic (exact) mass is 432 g/mol. The Morgan fingerprint density at radius 1 is 1.15 bits per heavy atom. The van der Waals surface area contributed by atoms with Gasteiger partial charge in [-0.25, -0.2) is 0 Å². The van der Waals surface area contributed by atoms with Crippen molar-refractivity contribution in [3.63, 3.8) is 0 Å². The molecule has 0 atom stereocenters. The molecule has 1 aliphatic heterocycles. The summed E-state index contributed by atoms with van der Waals surface area (Å²) in [5, 5.41) is 3.10. The molecule has 3 rings (SSSR count). The number of likely N-dealkylation sites (tertiary alicyclic amines) is 1. The topological polar surface area (TPSA) is 32.3 Å². The van der Waals surface area contributed by atoms with E-state index in [-0.39, 0.29) is 5.91 Å². The van der Waals surface area contributed by atoms with E-state index in [0.717, 1.165) is 34.7 Å². The number of anilines is 1. The maximum absolute atomic E-state index is 12.5. The fraction of sp³-hybridized carbons (Fsp3) is 0.381. The van der Waals surface area contributed by atoms with Gasteiger partial charge in [0, 0.05) is 21.6 Å². The Labute approximate surface area is 168 Å². The number of thioether (sulfide) groups is 1. The van der Waals surface area contributed by atoms with Crippen LogP contribution in [0.1, 0.15) is 29.5 Å². The number of carbonyl (C=O) groups excluding carboxylic acids is 1. The summed E-state index contributed by atoms with van der Waals surface area (Å²) in [4.78, 5) is 16.1. The van der Waals surface area contributed by atoms with Crippen LogP contribution >= 0.6 is 27.7 Å². The summed E-state index contributed by atoms with van der Waals surface area (Å²) >= 11 is 5.15. The van der Waals surface area contributed by atoms with Crippen LogP contribution in [0.3, 0.4) is 0 Å². The van der Waals surface area contributed by atoms with Gasteiger partial charge in [-0.15, -0.1) is 11.8 Å². The van der Waals surface area contributed by atoms with Gasteiger partial charge in [-0.1, -0.05) is 34.1 Å². The third-order valence-electron chi connectivity index (χ3n) is 4.70. The fourth-order valence-electron chi connectivity index (χ4n) is 3.20. The van der Waals surface area contributed by atoms with E-state index >= 15 is 0 Å². The van der Waals surface area contributed by atoms with Crippen LogP contribution in [0.4, 0.5) is 5.69 Å². The van der Waals surface area contributed by atoms with E-state index in [1.807, 2.05) is 18.2 Å². The van der Waals surface area contributed by atoms with Crippen molar-refractivity contribution in [2.45, 2.75) is 38.1 Å². The van der Waals surface area contributed by atoms with Crippen molar-refractivity contribution >= 4 is 39.3 Å². The summed E-state index contributed by atoms with van der Waals surface area (Å²) in [6.45, 7) is 7.37. The van der Waals surface area contributed by atoms with Crippen molar-refractivity contribution < 1.29 is 4.79 Å². The zero-order chi connectivity index (χ0) is 18.5. The maximum Gasteiger partial charge on any atom is 0.234 e. The van der Waals surface area contributed by atoms with Crippen LogP contribution in [-0.4, -0.2) is 29.6 Å². The molecular weight excluding hydrogens is 408 g/mol. The number of para-hydroxylation sites is 1. The summed E-state index contributed by atoms with van der Waals surface area (Å²) in [7, 11) is 0. The molecule has 26 heavy (non-hydrogen) atoms. The molecule has 138 valence electrons. The smallest absolute Gasteiger partial charge is 0.234 e. The van der Waals surface area contributed by atoms with E-state index in [9.17, 15) is 4.79 Å². The molecule has 0 saturated carbocycles. The van der Waals surface area contributed by atoms with Crippen LogP contribution in [0.2, 0.25) is 0 Å². The van der Waals surface area contributed by atoms with E-state index in [2.05, 4.69) is 58.2 Å². The molecule has 0 aliphatic carbocycles. The summed E-state index contributed by atoms with van der Waals surface area (Å²) in [5.41, 5.74) is 4.52. The number of nitrogens with zero attached hydrogens (tertiary/aromatic N) is 1. The van der Waals surface area contributed by atoms with E-state index in [0.29, 0.717) is 5.75 Å². The number of halogens is 1. The van der Waals surface area contributed by atoms with Gasteiger partial charge >= 0.3 is 0 Å². The van der Waals surface area contributed by atoms with Crippen molar-refractivity contribution in [2.24, 2.45) is 0 Å². The highest BCUT2D eigenvalue weighted by molar-refractivity contribution is 9.10. The number of aryl methyl sites for hydroxylation is 2. The van der Waals surface area contributed by atoms with Gasteiger partial charge in [0.15, 0.2) is 0 Å². The molecule has 0 radical (unpaired) electrons. The Morgan fingerprint density at radius 3 is 2.65 bits per heavy atom. The lowest BCUT2D eigenvalue weighted by Gasteiger charge is -2.18. The van der Waals surface area contributed by atoms with E-state index < -0.39 is 0 Å². The molecule has 1 saturated heterocycles. The third kappa shape index (κ3) is 5.12. The van der Waals surface area contributed by atoms with E-state index in [4.69, 9.17) is 0 Å². The SMILES string of the molecule is Cc1cc(SCC(=O)Nc2ccccc2CN2CCCC2)c(C)cc1Br. The number of amides is 1. The van der Waals surface area contributed by atoms with Gasteiger partial charge in [-0.2, -0.15) is 0 Å². The highest BCUT2D eigenvalue weighted by atomic mass is 79.9. The van der Waals surface area contributed by atoms with Gasteiger partial charge < -0.3 is 5.32 Å². The first-order chi connectivity index (χ1) is 12.5. The second-order valence-corrected chi connectivity index (χ2v) is 8.72. The van der Waals surface area contributed by atoms with Crippen molar-refractivity contribution in [2.75, 3.05) is 24.2 Å². The van der Waals surface area contributed by atoms with Crippen LogP contribution in [-0.2, 0) is 11.3 Å². The molecule has 2 aromatic rings. The summed E-state index contributed by atoms with van der Waals surface area (Å²) < 4.78 is 1.11. The molecule has 3 nitrogen and oxygen atoms in total. The van der Waals surface area contributed by atoms with Crippen molar-refractivity contribution in [3.05, 3.63) is 57.6 Å². The number of rotatable bonds is 6. The first-order valence-corrected chi connectivity index (χ1v) is 10.8. The highest BCUT2D eigenvalue weighted by Gasteiger charge is 2.15. The lowest BCUT2D eigenvalue weighted by Crippen LogP contribution is -2.21. The average Bonchev–Trinajstić information content (AvgIpc) is 3.12. The van der Waals surface area contributed by atoms with Gasteiger partial charge in [-0.05, 0) is 74.7 Å². The summed E-state index contributed by atoms with van der Waals surface area (Å²) in [5.74, 6) is 0.462. The number of nitrogens with one attached hydrogen (secondary N) is 1. The van der Waals surface area contributed by atoms with Gasteiger partial charge in [0.25, 0.3) is 0 Å². The Balaban J connectivity index is 1.61. The molecule has 0 unspecified atom stereocenters. The molecule has 1 fully saturated rings. The highest BCUT2D eigenvalue weighted by Crippen LogP contribution is 2.28. The normalized spacial score (nSPS) is 14.6. The Morgan fingerprint density at radius 2 is 1.88 bits per heavy atom. The minimum atomic E-state index is 0.0452. The lowest BCUT2D eigenvalue weighted by molar-refractivity contribution is -0.113. The molecule has 1 amide bonds. The van der Waals surface area contributed by atoms with Crippen molar-refractivity contribution in [1.82, 2.24) is 4.90 Å². The minimum Gasteiger partial charge on any atom is -0.325 e. The molecule has 1 aliphatic rings.